The maximum absolute atomic E-state index is 12.9. The number of nitrogens with one attached hydrogen (secondary N) is 1. The van der Waals surface area contributed by atoms with Crippen molar-refractivity contribution < 1.29 is 17.9 Å². The van der Waals surface area contributed by atoms with Gasteiger partial charge in [0.2, 0.25) is 0 Å². The van der Waals surface area contributed by atoms with Crippen LogP contribution in [0.25, 0.3) is 0 Å². The average Bonchev–Trinajstić information content (AvgIpc) is 2.68. The second-order valence-electron chi connectivity index (χ2n) is 5.99. The van der Waals surface area contributed by atoms with Crippen molar-refractivity contribution in [1.82, 2.24) is 0 Å². The van der Waals surface area contributed by atoms with Crippen molar-refractivity contribution >= 4 is 15.7 Å². The van der Waals surface area contributed by atoms with E-state index in [1.807, 2.05) is 48.5 Å². The number of rotatable bonds is 7. The Hall–Kier alpha value is -2.99. The molecule has 27 heavy (non-hydrogen) atoms. The van der Waals surface area contributed by atoms with Crippen molar-refractivity contribution in [2.75, 3.05) is 18.9 Å². The molecule has 3 aromatic rings. The van der Waals surface area contributed by atoms with Gasteiger partial charge in [0.25, 0.3) is 10.0 Å². The van der Waals surface area contributed by atoms with Crippen molar-refractivity contribution in [2.45, 2.75) is 11.3 Å². The highest BCUT2D eigenvalue weighted by molar-refractivity contribution is 7.92. The molecule has 0 heterocycles. The summed E-state index contributed by atoms with van der Waals surface area (Å²) < 4.78 is 38.7. The van der Waals surface area contributed by atoms with Gasteiger partial charge in [0, 0.05) is 11.8 Å². The SMILES string of the molecule is COc1ccc(OC)c(S(=O)(=O)Nc2cccc(Cc3ccccc3)c2)c1. The van der Waals surface area contributed by atoms with Crippen LogP contribution in [0.2, 0.25) is 0 Å². The molecule has 0 unspecified atom stereocenters. The molecule has 5 nitrogen and oxygen atoms in total. The average molecular weight is 383 g/mol. The van der Waals surface area contributed by atoms with E-state index in [-0.39, 0.29) is 10.6 Å². The van der Waals surface area contributed by atoms with Crippen LogP contribution in [-0.2, 0) is 16.4 Å². The van der Waals surface area contributed by atoms with Gasteiger partial charge in [0.1, 0.15) is 16.4 Å². The first kappa shape index (κ1) is 18.8. The summed E-state index contributed by atoms with van der Waals surface area (Å²) in [6.45, 7) is 0. The summed E-state index contributed by atoms with van der Waals surface area (Å²) in [6.07, 6.45) is 0.721. The van der Waals surface area contributed by atoms with Crippen LogP contribution in [0.4, 0.5) is 5.69 Å². The number of methoxy groups -OCH3 is 2. The van der Waals surface area contributed by atoms with Gasteiger partial charge in [-0.2, -0.15) is 0 Å². The molecule has 0 atom stereocenters. The smallest absolute Gasteiger partial charge is 0.265 e. The zero-order chi connectivity index (χ0) is 19.3. The molecule has 140 valence electrons. The first-order valence-electron chi connectivity index (χ1n) is 8.39. The molecule has 0 saturated carbocycles. The normalized spacial score (nSPS) is 11.0. The van der Waals surface area contributed by atoms with E-state index in [9.17, 15) is 8.42 Å². The summed E-state index contributed by atoms with van der Waals surface area (Å²) in [7, 11) is -0.917. The summed E-state index contributed by atoms with van der Waals surface area (Å²) in [6, 6.07) is 22.0. The van der Waals surface area contributed by atoms with Crippen LogP contribution in [0.15, 0.2) is 77.7 Å². The standard InChI is InChI=1S/C21H21NO4S/c1-25-19-11-12-20(26-2)21(15-19)27(23,24)22-18-10-6-9-17(14-18)13-16-7-4-3-5-8-16/h3-12,14-15,22H,13H2,1-2H3. The quantitative estimate of drug-likeness (QED) is 0.667. The predicted molar refractivity (Wildman–Crippen MR) is 106 cm³/mol. The summed E-state index contributed by atoms with van der Waals surface area (Å²) in [4.78, 5) is 0.0258. The lowest BCUT2D eigenvalue weighted by molar-refractivity contribution is 0.392. The summed E-state index contributed by atoms with van der Waals surface area (Å²) >= 11 is 0. The largest absolute Gasteiger partial charge is 0.497 e. The van der Waals surface area contributed by atoms with Gasteiger partial charge in [-0.3, -0.25) is 4.72 Å². The lowest BCUT2D eigenvalue weighted by Crippen LogP contribution is -2.14. The van der Waals surface area contributed by atoms with Crippen molar-refractivity contribution in [3.63, 3.8) is 0 Å². The van der Waals surface area contributed by atoms with Crippen LogP contribution >= 0.6 is 0 Å². The molecular formula is C21H21NO4S. The monoisotopic (exact) mass is 383 g/mol. The highest BCUT2D eigenvalue weighted by atomic mass is 32.2. The van der Waals surface area contributed by atoms with Gasteiger partial charge in [-0.05, 0) is 41.8 Å². The van der Waals surface area contributed by atoms with E-state index in [2.05, 4.69) is 4.72 Å². The Kier molecular flexibility index (Phi) is 5.66. The molecule has 0 saturated heterocycles. The zero-order valence-electron chi connectivity index (χ0n) is 15.2. The van der Waals surface area contributed by atoms with E-state index in [0.717, 1.165) is 17.5 Å². The van der Waals surface area contributed by atoms with Crippen molar-refractivity contribution in [3.05, 3.63) is 83.9 Å². The van der Waals surface area contributed by atoms with E-state index in [1.165, 1.54) is 20.3 Å². The molecule has 0 spiro atoms. The van der Waals surface area contributed by atoms with E-state index < -0.39 is 10.0 Å². The van der Waals surface area contributed by atoms with Crippen LogP contribution in [0, 0.1) is 0 Å². The molecule has 3 aromatic carbocycles. The van der Waals surface area contributed by atoms with Gasteiger partial charge in [-0.25, -0.2) is 8.42 Å². The Balaban J connectivity index is 1.87. The van der Waals surface area contributed by atoms with Crippen molar-refractivity contribution in [1.29, 1.82) is 0 Å². The predicted octanol–water partition coefficient (Wildman–Crippen LogP) is 4.10. The number of hydrogen-bond donors (Lipinski definition) is 1. The molecule has 0 bridgehead atoms. The van der Waals surface area contributed by atoms with Crippen LogP contribution in [-0.4, -0.2) is 22.6 Å². The molecule has 0 aliphatic rings. The first-order valence-corrected chi connectivity index (χ1v) is 9.88. The van der Waals surface area contributed by atoms with Crippen molar-refractivity contribution in [3.8, 4) is 11.5 Å². The number of ether oxygens (including phenoxy) is 2. The second kappa shape index (κ2) is 8.14. The molecular weight excluding hydrogens is 362 g/mol. The molecule has 0 aliphatic heterocycles. The van der Waals surface area contributed by atoms with Crippen LogP contribution in [0.1, 0.15) is 11.1 Å². The zero-order valence-corrected chi connectivity index (χ0v) is 16.0. The molecule has 6 heteroatoms. The lowest BCUT2D eigenvalue weighted by Gasteiger charge is -2.13. The van der Waals surface area contributed by atoms with Crippen LogP contribution in [0.5, 0.6) is 11.5 Å². The molecule has 1 N–H and O–H groups in total. The summed E-state index contributed by atoms with van der Waals surface area (Å²) in [5, 5.41) is 0. The number of anilines is 1. The first-order chi connectivity index (χ1) is 13.0. The summed E-state index contributed by atoms with van der Waals surface area (Å²) in [5.74, 6) is 0.692. The van der Waals surface area contributed by atoms with Gasteiger partial charge < -0.3 is 9.47 Å². The molecule has 0 amide bonds. The fourth-order valence-corrected chi connectivity index (χ4v) is 4.02. The minimum absolute atomic E-state index is 0.0258. The minimum atomic E-state index is -3.83. The molecule has 3 rings (SSSR count). The Bertz CT molecular complexity index is 1020. The third-order valence-electron chi connectivity index (χ3n) is 4.09. The third kappa shape index (κ3) is 4.60. The van der Waals surface area contributed by atoms with E-state index >= 15 is 0 Å². The highest BCUT2D eigenvalue weighted by Crippen LogP contribution is 2.30. The van der Waals surface area contributed by atoms with E-state index in [4.69, 9.17) is 9.47 Å². The maximum Gasteiger partial charge on any atom is 0.265 e. The Morgan fingerprint density at radius 3 is 2.26 bits per heavy atom. The van der Waals surface area contributed by atoms with E-state index in [0.29, 0.717) is 11.4 Å². The van der Waals surface area contributed by atoms with Gasteiger partial charge >= 0.3 is 0 Å². The highest BCUT2D eigenvalue weighted by Gasteiger charge is 2.21. The van der Waals surface area contributed by atoms with Gasteiger partial charge in [-0.1, -0.05) is 42.5 Å². The van der Waals surface area contributed by atoms with Gasteiger partial charge in [0.05, 0.1) is 14.2 Å². The van der Waals surface area contributed by atoms with Gasteiger partial charge in [0.15, 0.2) is 0 Å². The Morgan fingerprint density at radius 2 is 1.56 bits per heavy atom. The van der Waals surface area contributed by atoms with E-state index in [1.54, 1.807) is 18.2 Å². The van der Waals surface area contributed by atoms with Crippen molar-refractivity contribution in [2.24, 2.45) is 0 Å². The minimum Gasteiger partial charge on any atom is -0.497 e. The fraction of sp³-hybridized carbons (Fsp3) is 0.143. The Morgan fingerprint density at radius 1 is 0.815 bits per heavy atom. The van der Waals surface area contributed by atoms with Crippen LogP contribution < -0.4 is 14.2 Å². The third-order valence-corrected chi connectivity index (χ3v) is 5.49. The molecule has 0 aromatic heterocycles. The van der Waals surface area contributed by atoms with Gasteiger partial charge in [-0.15, -0.1) is 0 Å². The fourth-order valence-electron chi connectivity index (χ4n) is 2.78. The summed E-state index contributed by atoms with van der Waals surface area (Å²) in [5.41, 5.74) is 2.67. The number of sulfonamides is 1. The molecule has 0 aliphatic carbocycles. The lowest BCUT2D eigenvalue weighted by atomic mass is 10.0. The molecule has 0 radical (unpaired) electrons. The second-order valence-corrected chi connectivity index (χ2v) is 7.64. The number of benzene rings is 3. The maximum atomic E-state index is 12.9. The molecule has 0 fully saturated rings. The Labute approximate surface area is 159 Å². The number of hydrogen-bond acceptors (Lipinski definition) is 4. The van der Waals surface area contributed by atoms with Crippen LogP contribution in [0.3, 0.4) is 0 Å². The topological polar surface area (TPSA) is 64.6 Å².